The molecule has 0 spiro atoms. The predicted molar refractivity (Wildman–Crippen MR) is 89.7 cm³/mol. The highest BCUT2D eigenvalue weighted by molar-refractivity contribution is 9.10. The molecule has 1 N–H and O–H groups in total. The van der Waals surface area contributed by atoms with Crippen molar-refractivity contribution in [2.24, 2.45) is 0 Å². The first-order valence-electron chi connectivity index (χ1n) is 6.96. The van der Waals surface area contributed by atoms with Crippen molar-refractivity contribution in [1.82, 2.24) is 14.8 Å². The molecule has 1 amide bonds. The minimum Gasteiger partial charge on any atom is -0.325 e. The van der Waals surface area contributed by atoms with Gasteiger partial charge in [-0.15, -0.1) is 0 Å². The van der Waals surface area contributed by atoms with Gasteiger partial charge in [0.1, 0.15) is 0 Å². The first kappa shape index (κ1) is 14.7. The molecule has 0 atom stereocenters. The number of amides is 1. The van der Waals surface area contributed by atoms with Crippen molar-refractivity contribution in [3.8, 4) is 0 Å². The molecule has 0 fully saturated rings. The third kappa shape index (κ3) is 3.33. The van der Waals surface area contributed by atoms with Crippen LogP contribution in [0, 0.1) is 6.92 Å². The summed E-state index contributed by atoms with van der Waals surface area (Å²) in [6.07, 6.45) is 3.92. The smallest absolute Gasteiger partial charge is 0.226 e. The van der Waals surface area contributed by atoms with Crippen molar-refractivity contribution >= 4 is 38.4 Å². The van der Waals surface area contributed by atoms with Gasteiger partial charge in [0.15, 0.2) is 0 Å². The van der Waals surface area contributed by atoms with Crippen molar-refractivity contribution in [3.63, 3.8) is 0 Å². The van der Waals surface area contributed by atoms with Crippen LogP contribution in [-0.4, -0.2) is 20.7 Å². The summed E-state index contributed by atoms with van der Waals surface area (Å²) in [5.41, 5.74) is 2.56. The molecule has 0 radical (unpaired) electrons. The molecule has 0 saturated carbocycles. The van der Waals surface area contributed by atoms with Crippen LogP contribution in [0.5, 0.6) is 0 Å². The van der Waals surface area contributed by atoms with Crippen LogP contribution in [0.2, 0.25) is 0 Å². The zero-order valence-electron chi connectivity index (χ0n) is 12.1. The van der Waals surface area contributed by atoms with Gasteiger partial charge in [-0.1, -0.05) is 18.2 Å². The lowest BCUT2D eigenvalue weighted by Gasteiger charge is -2.09. The van der Waals surface area contributed by atoms with Crippen molar-refractivity contribution in [3.05, 3.63) is 52.9 Å². The molecule has 0 aliphatic carbocycles. The molecule has 5 nitrogen and oxygen atoms in total. The van der Waals surface area contributed by atoms with Gasteiger partial charge >= 0.3 is 0 Å². The zero-order chi connectivity index (χ0) is 15.5. The molecule has 1 aromatic carbocycles. The van der Waals surface area contributed by atoms with E-state index >= 15 is 0 Å². The Bertz CT molecular complexity index is 828. The third-order valence-electron chi connectivity index (χ3n) is 3.29. The summed E-state index contributed by atoms with van der Waals surface area (Å²) >= 11 is 3.34. The van der Waals surface area contributed by atoms with Crippen molar-refractivity contribution < 1.29 is 4.79 Å². The van der Waals surface area contributed by atoms with E-state index in [4.69, 9.17) is 0 Å². The van der Waals surface area contributed by atoms with E-state index in [9.17, 15) is 4.79 Å². The molecule has 3 aromatic rings. The van der Waals surface area contributed by atoms with Crippen molar-refractivity contribution in [2.75, 3.05) is 5.32 Å². The maximum atomic E-state index is 12.2. The van der Waals surface area contributed by atoms with Crippen LogP contribution in [0.3, 0.4) is 0 Å². The van der Waals surface area contributed by atoms with Gasteiger partial charge in [0.05, 0.1) is 21.9 Å². The van der Waals surface area contributed by atoms with Gasteiger partial charge in [-0.25, -0.2) is 0 Å². The Morgan fingerprint density at radius 3 is 2.95 bits per heavy atom. The number of nitrogens with zero attached hydrogens (tertiary/aromatic N) is 3. The Hall–Kier alpha value is -2.21. The third-order valence-corrected chi connectivity index (χ3v) is 3.70. The number of carbonyl (C=O) groups is 1. The molecule has 22 heavy (non-hydrogen) atoms. The highest BCUT2D eigenvalue weighted by Gasteiger charge is 2.08. The average Bonchev–Trinajstić information content (AvgIpc) is 2.91. The number of hydrogen-bond acceptors (Lipinski definition) is 3. The minimum atomic E-state index is -0.0395. The van der Waals surface area contributed by atoms with E-state index in [0.29, 0.717) is 13.0 Å². The Morgan fingerprint density at radius 2 is 2.18 bits per heavy atom. The van der Waals surface area contributed by atoms with Gasteiger partial charge < -0.3 is 5.32 Å². The van der Waals surface area contributed by atoms with E-state index in [2.05, 4.69) is 31.3 Å². The van der Waals surface area contributed by atoms with Crippen LogP contribution in [0.25, 0.3) is 10.9 Å². The first-order valence-corrected chi connectivity index (χ1v) is 7.75. The molecule has 6 heteroatoms. The highest BCUT2D eigenvalue weighted by Crippen LogP contribution is 2.23. The standard InChI is InChI=1S/C16H15BrN4O/c1-11-8-15(13-4-2-3-5-14(13)19-11)20-16(22)6-7-21-10-12(17)9-18-21/h2-5,8-10H,6-7H2,1H3,(H,19,20,22). The molecule has 2 aromatic heterocycles. The van der Waals surface area contributed by atoms with Gasteiger partial charge in [0, 0.05) is 30.2 Å². The number of benzene rings is 1. The van der Waals surface area contributed by atoms with E-state index in [-0.39, 0.29) is 5.91 Å². The first-order chi connectivity index (χ1) is 10.6. The largest absolute Gasteiger partial charge is 0.325 e. The number of hydrogen-bond donors (Lipinski definition) is 1. The molecule has 0 aliphatic rings. The van der Waals surface area contributed by atoms with Gasteiger partial charge in [-0.2, -0.15) is 5.10 Å². The van der Waals surface area contributed by atoms with Gasteiger partial charge in [0.25, 0.3) is 0 Å². The number of carbonyl (C=O) groups excluding carboxylic acids is 1. The number of para-hydroxylation sites is 1. The second-order valence-corrected chi connectivity index (χ2v) is 5.96. The maximum Gasteiger partial charge on any atom is 0.226 e. The number of rotatable bonds is 4. The Kier molecular flexibility index (Phi) is 4.20. The molecule has 2 heterocycles. The van der Waals surface area contributed by atoms with Gasteiger partial charge in [-0.05, 0) is 35.0 Å². The Morgan fingerprint density at radius 1 is 1.36 bits per heavy atom. The van der Waals surface area contributed by atoms with Crippen molar-refractivity contribution in [1.29, 1.82) is 0 Å². The van der Waals surface area contributed by atoms with E-state index in [0.717, 1.165) is 26.8 Å². The average molecular weight is 359 g/mol. The molecular formula is C16H15BrN4O. The summed E-state index contributed by atoms with van der Waals surface area (Å²) < 4.78 is 2.64. The summed E-state index contributed by atoms with van der Waals surface area (Å²) in [5.74, 6) is -0.0395. The van der Waals surface area contributed by atoms with E-state index in [1.54, 1.807) is 10.9 Å². The SMILES string of the molecule is Cc1cc(NC(=O)CCn2cc(Br)cn2)c2ccccc2n1. The topological polar surface area (TPSA) is 59.8 Å². The van der Waals surface area contributed by atoms with Crippen LogP contribution in [0.4, 0.5) is 5.69 Å². The second-order valence-electron chi connectivity index (χ2n) is 5.05. The summed E-state index contributed by atoms with van der Waals surface area (Å²) in [7, 11) is 0. The van der Waals surface area contributed by atoms with Gasteiger partial charge in [0.2, 0.25) is 5.91 Å². The molecule has 3 rings (SSSR count). The number of fused-ring (bicyclic) bond motifs is 1. The number of pyridine rings is 1. The highest BCUT2D eigenvalue weighted by atomic mass is 79.9. The molecule has 0 bridgehead atoms. The summed E-state index contributed by atoms with van der Waals surface area (Å²) in [5, 5.41) is 8.06. The van der Waals surface area contributed by atoms with Gasteiger partial charge in [-0.3, -0.25) is 14.5 Å². The summed E-state index contributed by atoms with van der Waals surface area (Å²) in [4.78, 5) is 16.6. The number of halogens is 1. The summed E-state index contributed by atoms with van der Waals surface area (Å²) in [6.45, 7) is 2.46. The number of nitrogens with one attached hydrogen (secondary N) is 1. The van der Waals surface area contributed by atoms with Crippen LogP contribution < -0.4 is 5.32 Å². The normalized spacial score (nSPS) is 10.8. The van der Waals surface area contributed by atoms with E-state index in [1.165, 1.54) is 0 Å². The molecule has 0 saturated heterocycles. The quantitative estimate of drug-likeness (QED) is 0.775. The second kappa shape index (κ2) is 6.27. The summed E-state index contributed by atoms with van der Waals surface area (Å²) in [6, 6.07) is 9.68. The molecule has 112 valence electrons. The monoisotopic (exact) mass is 358 g/mol. The van der Waals surface area contributed by atoms with Crippen LogP contribution in [0.15, 0.2) is 47.2 Å². The van der Waals surface area contributed by atoms with Crippen LogP contribution in [0.1, 0.15) is 12.1 Å². The number of aryl methyl sites for hydroxylation is 2. The minimum absolute atomic E-state index is 0.0395. The fraction of sp³-hybridized carbons (Fsp3) is 0.188. The van der Waals surface area contributed by atoms with E-state index < -0.39 is 0 Å². The fourth-order valence-corrected chi connectivity index (χ4v) is 2.63. The number of aromatic nitrogens is 3. The lowest BCUT2D eigenvalue weighted by atomic mass is 10.1. The zero-order valence-corrected chi connectivity index (χ0v) is 13.7. The molecule has 0 aliphatic heterocycles. The fourth-order valence-electron chi connectivity index (χ4n) is 2.30. The maximum absolute atomic E-state index is 12.2. The lowest BCUT2D eigenvalue weighted by Crippen LogP contribution is -2.15. The number of anilines is 1. The Labute approximate surface area is 136 Å². The Balaban J connectivity index is 1.73. The molecular weight excluding hydrogens is 344 g/mol. The molecule has 0 unspecified atom stereocenters. The predicted octanol–water partition coefficient (Wildman–Crippen LogP) is 3.53. The lowest BCUT2D eigenvalue weighted by molar-refractivity contribution is -0.116. The van der Waals surface area contributed by atoms with Crippen molar-refractivity contribution in [2.45, 2.75) is 19.9 Å². The van der Waals surface area contributed by atoms with E-state index in [1.807, 2.05) is 43.5 Å². The van der Waals surface area contributed by atoms with Crippen LogP contribution in [-0.2, 0) is 11.3 Å². The van der Waals surface area contributed by atoms with Crippen LogP contribution >= 0.6 is 15.9 Å².